The second-order valence-corrected chi connectivity index (χ2v) is 8.98. The first-order valence-electron chi connectivity index (χ1n) is 9.98. The Bertz CT molecular complexity index is 785. The first-order chi connectivity index (χ1) is 13.5. The number of hydrogen-bond donors (Lipinski definition) is 2. The molecule has 0 bridgehead atoms. The van der Waals surface area contributed by atoms with Crippen LogP contribution in [0, 0.1) is 13.8 Å². The van der Waals surface area contributed by atoms with Crippen LogP contribution in [0.4, 0.5) is 0 Å². The van der Waals surface area contributed by atoms with Gasteiger partial charge in [0.25, 0.3) is 0 Å². The molecule has 0 spiro atoms. The topological polar surface area (TPSA) is 52.6 Å². The van der Waals surface area contributed by atoms with Crippen molar-refractivity contribution in [3.63, 3.8) is 0 Å². The lowest BCUT2D eigenvalue weighted by atomic mass is 10.0. The molecular formula is C21H31ClIN5S. The highest BCUT2D eigenvalue weighted by Gasteiger charge is 2.20. The van der Waals surface area contributed by atoms with Crippen molar-refractivity contribution in [2.75, 3.05) is 19.6 Å². The minimum absolute atomic E-state index is 0. The summed E-state index contributed by atoms with van der Waals surface area (Å²) in [6.07, 6.45) is 2.24. The monoisotopic (exact) mass is 547 g/mol. The number of guanidine groups is 1. The summed E-state index contributed by atoms with van der Waals surface area (Å²) in [5.74, 6) is 0.907. The molecule has 1 saturated heterocycles. The van der Waals surface area contributed by atoms with Crippen LogP contribution in [0.2, 0.25) is 5.02 Å². The number of aliphatic imine (C=N–C) groups is 1. The summed E-state index contributed by atoms with van der Waals surface area (Å²) in [5.41, 5.74) is 2.42. The van der Waals surface area contributed by atoms with E-state index in [9.17, 15) is 0 Å². The number of piperidine rings is 1. The maximum atomic E-state index is 5.98. The minimum atomic E-state index is 0. The lowest BCUT2D eigenvalue weighted by Crippen LogP contribution is -2.48. The number of likely N-dealkylation sites (tertiary alicyclic amines) is 1. The van der Waals surface area contributed by atoms with Gasteiger partial charge in [0.2, 0.25) is 0 Å². The molecular weight excluding hydrogens is 517 g/mol. The third-order valence-electron chi connectivity index (χ3n) is 4.97. The molecule has 160 valence electrons. The fraction of sp³-hybridized carbons (Fsp3) is 0.524. The van der Waals surface area contributed by atoms with Gasteiger partial charge in [-0.1, -0.05) is 23.7 Å². The molecule has 2 heterocycles. The van der Waals surface area contributed by atoms with Crippen LogP contribution in [0.3, 0.4) is 0 Å². The fourth-order valence-corrected chi connectivity index (χ4v) is 4.46. The average Bonchev–Trinajstić information content (AvgIpc) is 3.00. The van der Waals surface area contributed by atoms with Gasteiger partial charge in [0.15, 0.2) is 5.96 Å². The Kier molecular flexibility index (Phi) is 10.1. The van der Waals surface area contributed by atoms with Gasteiger partial charge in [-0.3, -0.25) is 4.90 Å². The number of nitrogens with zero attached hydrogens (tertiary/aromatic N) is 3. The largest absolute Gasteiger partial charge is 0.357 e. The first kappa shape index (κ1) is 24.4. The molecule has 2 N–H and O–H groups in total. The molecule has 0 aliphatic carbocycles. The van der Waals surface area contributed by atoms with Gasteiger partial charge in [0.1, 0.15) is 0 Å². The summed E-state index contributed by atoms with van der Waals surface area (Å²) in [6, 6.07) is 8.63. The summed E-state index contributed by atoms with van der Waals surface area (Å²) in [6.45, 7) is 10.9. The lowest BCUT2D eigenvalue weighted by Gasteiger charge is -2.33. The quantitative estimate of drug-likeness (QED) is 0.311. The summed E-state index contributed by atoms with van der Waals surface area (Å²) in [4.78, 5) is 13.0. The van der Waals surface area contributed by atoms with Crippen molar-refractivity contribution in [1.29, 1.82) is 0 Å². The third-order valence-corrected chi connectivity index (χ3v) is 6.28. The highest BCUT2D eigenvalue weighted by molar-refractivity contribution is 14.0. The molecule has 5 nitrogen and oxygen atoms in total. The summed E-state index contributed by atoms with van der Waals surface area (Å²) < 4.78 is 0. The molecule has 0 radical (unpaired) electrons. The normalized spacial score (nSPS) is 15.8. The highest BCUT2D eigenvalue weighted by atomic mass is 127. The van der Waals surface area contributed by atoms with Crippen molar-refractivity contribution in [3.8, 4) is 0 Å². The molecule has 3 rings (SSSR count). The van der Waals surface area contributed by atoms with E-state index in [2.05, 4.69) is 46.5 Å². The van der Waals surface area contributed by atoms with E-state index < -0.39 is 0 Å². The fourth-order valence-electron chi connectivity index (χ4n) is 3.47. The van der Waals surface area contributed by atoms with Crippen LogP contribution in [0.1, 0.15) is 40.9 Å². The minimum Gasteiger partial charge on any atom is -0.357 e. The van der Waals surface area contributed by atoms with Gasteiger partial charge < -0.3 is 10.6 Å². The van der Waals surface area contributed by atoms with Crippen LogP contribution in [0.25, 0.3) is 0 Å². The second kappa shape index (κ2) is 12.1. The zero-order valence-electron chi connectivity index (χ0n) is 17.4. The summed E-state index contributed by atoms with van der Waals surface area (Å²) in [5, 5.41) is 8.91. The Morgan fingerprint density at radius 2 is 1.93 bits per heavy atom. The molecule has 29 heavy (non-hydrogen) atoms. The number of aryl methyl sites for hydroxylation is 2. The Morgan fingerprint density at radius 3 is 2.52 bits per heavy atom. The maximum absolute atomic E-state index is 5.98. The van der Waals surface area contributed by atoms with Gasteiger partial charge in [0, 0.05) is 42.1 Å². The average molecular weight is 548 g/mol. The van der Waals surface area contributed by atoms with Crippen molar-refractivity contribution in [2.24, 2.45) is 4.99 Å². The smallest absolute Gasteiger partial charge is 0.191 e. The molecule has 0 amide bonds. The predicted molar refractivity (Wildman–Crippen MR) is 135 cm³/mol. The van der Waals surface area contributed by atoms with E-state index in [0.717, 1.165) is 60.7 Å². The Hall–Kier alpha value is -0.900. The molecule has 1 aromatic heterocycles. The van der Waals surface area contributed by atoms with Gasteiger partial charge in [-0.2, -0.15) is 0 Å². The van der Waals surface area contributed by atoms with Crippen molar-refractivity contribution in [3.05, 3.63) is 50.4 Å². The Balaban J connectivity index is 0.00000300. The molecule has 2 aromatic rings. The van der Waals surface area contributed by atoms with Crippen LogP contribution >= 0.6 is 46.9 Å². The number of aromatic nitrogens is 1. The summed E-state index contributed by atoms with van der Waals surface area (Å²) in [7, 11) is 0. The van der Waals surface area contributed by atoms with Gasteiger partial charge in [-0.15, -0.1) is 35.3 Å². The molecule has 0 atom stereocenters. The van der Waals surface area contributed by atoms with Gasteiger partial charge in [-0.05, 0) is 51.3 Å². The standard InChI is InChI=1S/C21H30ClN5S.HI/c1-4-23-21(24-13-20-15(2)25-16(3)28-20)26-19-9-11-27(12-10-19)14-17-5-7-18(22)8-6-17;/h5-8,19H,4,9-14H2,1-3H3,(H2,23,24,26);1H. The molecule has 1 aliphatic rings. The lowest BCUT2D eigenvalue weighted by molar-refractivity contribution is 0.198. The number of rotatable bonds is 6. The number of hydrogen-bond acceptors (Lipinski definition) is 4. The van der Waals surface area contributed by atoms with E-state index in [0.29, 0.717) is 12.6 Å². The maximum Gasteiger partial charge on any atom is 0.191 e. The number of thiazole rings is 1. The van der Waals surface area contributed by atoms with E-state index >= 15 is 0 Å². The van der Waals surface area contributed by atoms with Crippen LogP contribution in [0.15, 0.2) is 29.3 Å². The zero-order chi connectivity index (χ0) is 19.9. The van der Waals surface area contributed by atoms with E-state index in [1.165, 1.54) is 10.4 Å². The van der Waals surface area contributed by atoms with E-state index in [4.69, 9.17) is 16.6 Å². The molecule has 1 aromatic carbocycles. The van der Waals surface area contributed by atoms with Crippen LogP contribution in [0.5, 0.6) is 0 Å². The van der Waals surface area contributed by atoms with Crippen molar-refractivity contribution >= 4 is 52.9 Å². The third kappa shape index (κ3) is 7.70. The second-order valence-electron chi connectivity index (χ2n) is 7.26. The number of halogens is 2. The molecule has 8 heteroatoms. The van der Waals surface area contributed by atoms with Gasteiger partial charge in [-0.25, -0.2) is 9.98 Å². The Morgan fingerprint density at radius 1 is 1.24 bits per heavy atom. The van der Waals surface area contributed by atoms with E-state index in [1.807, 2.05) is 19.1 Å². The number of benzene rings is 1. The van der Waals surface area contributed by atoms with Gasteiger partial charge in [0.05, 0.1) is 17.2 Å². The predicted octanol–water partition coefficient (Wildman–Crippen LogP) is 4.75. The van der Waals surface area contributed by atoms with Crippen molar-refractivity contribution in [2.45, 2.75) is 52.7 Å². The molecule has 0 unspecified atom stereocenters. The molecule has 1 fully saturated rings. The molecule has 0 saturated carbocycles. The summed E-state index contributed by atoms with van der Waals surface area (Å²) >= 11 is 7.71. The highest BCUT2D eigenvalue weighted by Crippen LogP contribution is 2.18. The Labute approximate surface area is 200 Å². The van der Waals surface area contributed by atoms with Crippen LogP contribution in [-0.4, -0.2) is 41.5 Å². The zero-order valence-corrected chi connectivity index (χ0v) is 21.3. The SMILES string of the molecule is CCNC(=NCc1sc(C)nc1C)NC1CCN(Cc2ccc(Cl)cc2)CC1.I. The van der Waals surface area contributed by atoms with Crippen LogP contribution in [-0.2, 0) is 13.1 Å². The van der Waals surface area contributed by atoms with Gasteiger partial charge >= 0.3 is 0 Å². The number of nitrogens with one attached hydrogen (secondary N) is 2. The van der Waals surface area contributed by atoms with E-state index in [1.54, 1.807) is 11.3 Å². The van der Waals surface area contributed by atoms with Crippen LogP contribution < -0.4 is 10.6 Å². The molecule has 1 aliphatic heterocycles. The van der Waals surface area contributed by atoms with Crippen molar-refractivity contribution < 1.29 is 0 Å². The first-order valence-corrected chi connectivity index (χ1v) is 11.2. The van der Waals surface area contributed by atoms with Crippen molar-refractivity contribution in [1.82, 2.24) is 20.5 Å². The van der Waals surface area contributed by atoms with E-state index in [-0.39, 0.29) is 24.0 Å².